The lowest BCUT2D eigenvalue weighted by molar-refractivity contribution is -0.141. The number of anilines is 1. The minimum atomic E-state index is -4.52. The van der Waals surface area contributed by atoms with Gasteiger partial charge in [-0.15, -0.1) is 0 Å². The van der Waals surface area contributed by atoms with E-state index >= 15 is 0 Å². The highest BCUT2D eigenvalue weighted by atomic mass is 19.4. The van der Waals surface area contributed by atoms with Crippen molar-refractivity contribution in [1.82, 2.24) is 5.32 Å². The summed E-state index contributed by atoms with van der Waals surface area (Å²) < 4.78 is 42.4. The fourth-order valence-electron chi connectivity index (χ4n) is 2.37. The molecule has 0 saturated heterocycles. The van der Waals surface area contributed by atoms with Crippen LogP contribution in [0.3, 0.4) is 0 Å². The van der Waals surface area contributed by atoms with Gasteiger partial charge in [-0.25, -0.2) is 0 Å². The fraction of sp³-hybridized carbons (Fsp3) is 0.273. The molecule has 10 heteroatoms. The zero-order valence-corrected chi connectivity index (χ0v) is 17.3. The molecule has 2 amide bonds. The molecule has 0 radical (unpaired) electrons. The Morgan fingerprint density at radius 1 is 0.906 bits per heavy atom. The maximum Gasteiger partial charge on any atom is 0.416 e. The third-order valence-corrected chi connectivity index (χ3v) is 4.23. The van der Waals surface area contributed by atoms with Crippen molar-refractivity contribution in [2.24, 2.45) is 5.92 Å². The quantitative estimate of drug-likeness (QED) is 0.474. The van der Waals surface area contributed by atoms with Crippen molar-refractivity contribution in [3.63, 3.8) is 0 Å². The summed E-state index contributed by atoms with van der Waals surface area (Å²) in [5, 5.41) is 4.89. The Hall–Kier alpha value is -3.69. The highest BCUT2D eigenvalue weighted by Gasteiger charge is 2.30. The Kier molecular flexibility index (Phi) is 8.11. The van der Waals surface area contributed by atoms with E-state index in [2.05, 4.69) is 10.6 Å². The Balaban J connectivity index is 1.79. The molecule has 0 heterocycles. The monoisotopic (exact) mass is 450 g/mol. The van der Waals surface area contributed by atoms with Crippen molar-refractivity contribution in [2.45, 2.75) is 20.0 Å². The van der Waals surface area contributed by atoms with Crippen molar-refractivity contribution >= 4 is 29.3 Å². The van der Waals surface area contributed by atoms with Crippen LogP contribution in [0.5, 0.6) is 0 Å². The van der Waals surface area contributed by atoms with E-state index in [9.17, 15) is 32.3 Å². The molecule has 7 nitrogen and oxygen atoms in total. The molecule has 0 aliphatic heterocycles. The zero-order chi connectivity index (χ0) is 23.9. The van der Waals surface area contributed by atoms with Gasteiger partial charge in [0.25, 0.3) is 5.91 Å². The number of rotatable bonds is 8. The number of esters is 1. The van der Waals surface area contributed by atoms with Gasteiger partial charge in [0.2, 0.25) is 5.91 Å². The van der Waals surface area contributed by atoms with Crippen LogP contribution in [-0.4, -0.2) is 36.7 Å². The molecule has 0 aromatic heterocycles. The standard InChI is InChI=1S/C22H21F3N2O5/c1-13(2)20(30)27-17-9-5-14(6-10-17)18(28)12-32-19(29)11-26-21(31)15-3-7-16(8-4-15)22(23,24)25/h3-10,13H,11-12H2,1-2H3,(H,26,31)(H,27,30). The predicted molar refractivity (Wildman–Crippen MR) is 109 cm³/mol. The van der Waals surface area contributed by atoms with Gasteiger partial charge in [0, 0.05) is 22.7 Å². The highest BCUT2D eigenvalue weighted by Crippen LogP contribution is 2.29. The number of halogens is 3. The molecule has 0 fully saturated rings. The second kappa shape index (κ2) is 10.6. The van der Waals surface area contributed by atoms with E-state index in [4.69, 9.17) is 4.74 Å². The lowest BCUT2D eigenvalue weighted by Gasteiger charge is -2.09. The maximum atomic E-state index is 12.5. The molecule has 0 bridgehead atoms. The maximum absolute atomic E-state index is 12.5. The summed E-state index contributed by atoms with van der Waals surface area (Å²) in [7, 11) is 0. The summed E-state index contributed by atoms with van der Waals surface area (Å²) in [6.07, 6.45) is -4.52. The van der Waals surface area contributed by atoms with E-state index in [0.29, 0.717) is 5.69 Å². The molecule has 0 unspecified atom stereocenters. The molecule has 2 rings (SSSR count). The Morgan fingerprint density at radius 2 is 1.47 bits per heavy atom. The molecular weight excluding hydrogens is 429 g/mol. The van der Waals surface area contributed by atoms with Crippen LogP contribution >= 0.6 is 0 Å². The minimum Gasteiger partial charge on any atom is -0.456 e. The number of carbonyl (C=O) groups is 4. The Bertz CT molecular complexity index is 984. The van der Waals surface area contributed by atoms with E-state index in [1.165, 1.54) is 12.1 Å². The lowest BCUT2D eigenvalue weighted by atomic mass is 10.1. The van der Waals surface area contributed by atoms with E-state index in [-0.39, 0.29) is 23.0 Å². The molecule has 2 aromatic carbocycles. The van der Waals surface area contributed by atoms with Crippen LogP contribution in [-0.2, 0) is 20.5 Å². The summed E-state index contributed by atoms with van der Waals surface area (Å²) in [6.45, 7) is 2.36. The van der Waals surface area contributed by atoms with E-state index < -0.39 is 42.6 Å². The van der Waals surface area contributed by atoms with Crippen LogP contribution in [0.25, 0.3) is 0 Å². The van der Waals surface area contributed by atoms with Gasteiger partial charge in [-0.2, -0.15) is 13.2 Å². The molecule has 2 aromatic rings. The van der Waals surface area contributed by atoms with Crippen LogP contribution in [0.15, 0.2) is 48.5 Å². The summed E-state index contributed by atoms with van der Waals surface area (Å²) in [6, 6.07) is 9.51. The second-order valence-electron chi connectivity index (χ2n) is 7.06. The van der Waals surface area contributed by atoms with Crippen LogP contribution in [0.4, 0.5) is 18.9 Å². The number of alkyl halides is 3. The molecule has 0 atom stereocenters. The molecule has 32 heavy (non-hydrogen) atoms. The molecular formula is C22H21F3N2O5. The van der Waals surface area contributed by atoms with Crippen LogP contribution < -0.4 is 10.6 Å². The third kappa shape index (κ3) is 7.22. The summed E-state index contributed by atoms with van der Waals surface area (Å²) in [5.74, 6) is -2.51. The number of ether oxygens (including phenoxy) is 1. The first-order valence-electron chi connectivity index (χ1n) is 9.52. The molecule has 0 spiro atoms. The fourth-order valence-corrected chi connectivity index (χ4v) is 2.37. The van der Waals surface area contributed by atoms with E-state index in [1.54, 1.807) is 26.0 Å². The number of Topliss-reactive ketones (excluding diaryl/α,β-unsaturated/α-hetero) is 1. The Morgan fingerprint density at radius 3 is 2.00 bits per heavy atom. The first kappa shape index (κ1) is 24.6. The molecule has 170 valence electrons. The summed E-state index contributed by atoms with van der Waals surface area (Å²) in [5.41, 5.74) is -0.189. The number of nitrogens with one attached hydrogen (secondary N) is 2. The largest absolute Gasteiger partial charge is 0.456 e. The summed E-state index contributed by atoms with van der Waals surface area (Å²) >= 11 is 0. The number of ketones is 1. The van der Waals surface area contributed by atoms with Crippen molar-refractivity contribution < 1.29 is 37.1 Å². The SMILES string of the molecule is CC(C)C(=O)Nc1ccc(C(=O)COC(=O)CNC(=O)c2ccc(C(F)(F)F)cc2)cc1. The van der Waals surface area contributed by atoms with E-state index in [1.807, 2.05) is 0 Å². The molecule has 0 aliphatic carbocycles. The number of benzene rings is 2. The molecule has 0 saturated carbocycles. The average molecular weight is 450 g/mol. The number of amides is 2. The topological polar surface area (TPSA) is 102 Å². The van der Waals surface area contributed by atoms with Gasteiger partial charge in [0.15, 0.2) is 12.4 Å². The van der Waals surface area contributed by atoms with Crippen molar-refractivity contribution in [3.8, 4) is 0 Å². The first-order chi connectivity index (χ1) is 15.0. The number of carbonyl (C=O) groups excluding carboxylic acids is 4. The zero-order valence-electron chi connectivity index (χ0n) is 17.3. The van der Waals surface area contributed by atoms with Gasteiger partial charge in [0.1, 0.15) is 6.54 Å². The first-order valence-corrected chi connectivity index (χ1v) is 9.52. The van der Waals surface area contributed by atoms with Gasteiger partial charge in [-0.05, 0) is 48.5 Å². The van der Waals surface area contributed by atoms with Gasteiger partial charge >= 0.3 is 12.1 Å². The molecule has 2 N–H and O–H groups in total. The lowest BCUT2D eigenvalue weighted by Crippen LogP contribution is -2.31. The van der Waals surface area contributed by atoms with Gasteiger partial charge in [-0.1, -0.05) is 13.8 Å². The summed E-state index contributed by atoms with van der Waals surface area (Å²) in [4.78, 5) is 47.4. The third-order valence-electron chi connectivity index (χ3n) is 4.23. The van der Waals surface area contributed by atoms with E-state index in [0.717, 1.165) is 24.3 Å². The average Bonchev–Trinajstić information content (AvgIpc) is 2.75. The van der Waals surface area contributed by atoms with Crippen LogP contribution in [0.2, 0.25) is 0 Å². The smallest absolute Gasteiger partial charge is 0.416 e. The van der Waals surface area contributed by atoms with Crippen LogP contribution in [0.1, 0.15) is 40.1 Å². The second-order valence-corrected chi connectivity index (χ2v) is 7.06. The predicted octanol–water partition coefficient (Wildman–Crippen LogP) is 3.46. The van der Waals surface area contributed by atoms with Crippen LogP contribution in [0, 0.1) is 5.92 Å². The normalized spacial score (nSPS) is 11.1. The highest BCUT2D eigenvalue weighted by molar-refractivity contribution is 5.99. The van der Waals surface area contributed by atoms with Gasteiger partial charge in [0.05, 0.1) is 5.56 Å². The van der Waals surface area contributed by atoms with Crippen molar-refractivity contribution in [3.05, 3.63) is 65.2 Å². The van der Waals surface area contributed by atoms with Gasteiger partial charge < -0.3 is 15.4 Å². The Labute approximate surface area is 181 Å². The minimum absolute atomic E-state index is 0.0634. The van der Waals surface area contributed by atoms with Crippen molar-refractivity contribution in [2.75, 3.05) is 18.5 Å². The van der Waals surface area contributed by atoms with Crippen molar-refractivity contribution in [1.29, 1.82) is 0 Å². The number of hydrogen-bond donors (Lipinski definition) is 2. The number of hydrogen-bond acceptors (Lipinski definition) is 5. The van der Waals surface area contributed by atoms with Gasteiger partial charge in [-0.3, -0.25) is 19.2 Å². The molecule has 0 aliphatic rings.